The molecule has 0 bridgehead atoms. The molecule has 0 aliphatic carbocycles. The van der Waals surface area contributed by atoms with Crippen LogP contribution >= 0.6 is 27.5 Å². The Balaban J connectivity index is 1.41. The third-order valence-corrected chi connectivity index (χ3v) is 5.56. The smallest absolute Gasteiger partial charge is 0.0406 e. The highest BCUT2D eigenvalue weighted by atomic mass is 79.9. The lowest BCUT2D eigenvalue weighted by Gasteiger charge is -2.32. The summed E-state index contributed by atoms with van der Waals surface area (Å²) in [5.41, 5.74) is 2.82. The molecule has 1 aliphatic rings. The lowest BCUT2D eigenvalue weighted by Crippen LogP contribution is -2.33. The molecule has 3 heteroatoms. The number of hydrogen-bond acceptors (Lipinski definition) is 1. The Morgan fingerprint density at radius 3 is 2.17 bits per heavy atom. The van der Waals surface area contributed by atoms with Crippen molar-refractivity contribution in [3.05, 3.63) is 69.2 Å². The predicted octanol–water partition coefficient (Wildman–Crippen LogP) is 5.95. The second-order valence-electron chi connectivity index (χ2n) is 6.51. The molecule has 0 N–H and O–H groups in total. The largest absolute Gasteiger partial charge is 0.299 e. The summed E-state index contributed by atoms with van der Waals surface area (Å²) >= 11 is 9.45. The van der Waals surface area contributed by atoms with Crippen LogP contribution in [-0.2, 0) is 13.0 Å². The molecule has 2 aromatic carbocycles. The van der Waals surface area contributed by atoms with Crippen molar-refractivity contribution >= 4 is 27.5 Å². The van der Waals surface area contributed by atoms with E-state index in [1.54, 1.807) is 0 Å². The van der Waals surface area contributed by atoms with E-state index in [4.69, 9.17) is 11.6 Å². The molecule has 1 saturated heterocycles. The van der Waals surface area contributed by atoms with Crippen molar-refractivity contribution in [2.45, 2.75) is 32.2 Å². The van der Waals surface area contributed by atoms with Crippen molar-refractivity contribution in [3.8, 4) is 0 Å². The zero-order valence-electron chi connectivity index (χ0n) is 13.3. The van der Waals surface area contributed by atoms with Crippen molar-refractivity contribution in [1.29, 1.82) is 0 Å². The molecular formula is C20H23BrClN. The molecule has 2 aromatic rings. The molecule has 0 radical (unpaired) electrons. The molecule has 0 atom stereocenters. The Morgan fingerprint density at radius 1 is 0.913 bits per heavy atom. The topological polar surface area (TPSA) is 3.24 Å². The van der Waals surface area contributed by atoms with E-state index in [0.717, 1.165) is 22.0 Å². The van der Waals surface area contributed by atoms with E-state index >= 15 is 0 Å². The molecule has 3 rings (SSSR count). The minimum atomic E-state index is 0.820. The molecule has 1 nitrogen and oxygen atoms in total. The maximum atomic E-state index is 5.95. The highest BCUT2D eigenvalue weighted by Gasteiger charge is 2.19. The minimum Gasteiger partial charge on any atom is -0.299 e. The molecular weight excluding hydrogens is 370 g/mol. The van der Waals surface area contributed by atoms with Crippen LogP contribution in [0.3, 0.4) is 0 Å². The third kappa shape index (κ3) is 5.34. The molecule has 122 valence electrons. The zero-order chi connectivity index (χ0) is 16.1. The Labute approximate surface area is 152 Å². The van der Waals surface area contributed by atoms with E-state index in [1.165, 1.54) is 49.9 Å². The van der Waals surface area contributed by atoms with Gasteiger partial charge < -0.3 is 0 Å². The number of likely N-dealkylation sites (tertiary alicyclic amines) is 1. The highest BCUT2D eigenvalue weighted by molar-refractivity contribution is 9.10. The van der Waals surface area contributed by atoms with Gasteiger partial charge in [0.25, 0.3) is 0 Å². The summed E-state index contributed by atoms with van der Waals surface area (Å²) in [6, 6.07) is 17.0. The zero-order valence-corrected chi connectivity index (χ0v) is 15.7. The summed E-state index contributed by atoms with van der Waals surface area (Å²) in [6.07, 6.45) is 5.17. The molecule has 0 saturated carbocycles. The lowest BCUT2D eigenvalue weighted by molar-refractivity contribution is 0.172. The fourth-order valence-electron chi connectivity index (χ4n) is 3.30. The number of rotatable bonds is 5. The summed E-state index contributed by atoms with van der Waals surface area (Å²) in [7, 11) is 0. The van der Waals surface area contributed by atoms with E-state index in [2.05, 4.69) is 57.2 Å². The molecule has 0 aromatic heterocycles. The van der Waals surface area contributed by atoms with Crippen LogP contribution in [0.2, 0.25) is 5.02 Å². The van der Waals surface area contributed by atoms with Crippen LogP contribution in [0.1, 0.15) is 30.4 Å². The van der Waals surface area contributed by atoms with Crippen LogP contribution in [0.4, 0.5) is 0 Å². The Bertz CT molecular complexity index is 601. The second kappa shape index (κ2) is 8.32. The Kier molecular flexibility index (Phi) is 6.15. The SMILES string of the molecule is Clc1ccc(CN2CCC(CCc3ccc(Br)cc3)CC2)cc1. The highest BCUT2D eigenvalue weighted by Crippen LogP contribution is 2.24. The van der Waals surface area contributed by atoms with E-state index < -0.39 is 0 Å². The summed E-state index contributed by atoms with van der Waals surface area (Å²) < 4.78 is 1.16. The first kappa shape index (κ1) is 17.0. The quantitative estimate of drug-likeness (QED) is 0.608. The second-order valence-corrected chi connectivity index (χ2v) is 7.86. The van der Waals surface area contributed by atoms with Crippen LogP contribution in [0, 0.1) is 5.92 Å². The lowest BCUT2D eigenvalue weighted by atomic mass is 9.90. The molecule has 23 heavy (non-hydrogen) atoms. The summed E-state index contributed by atoms with van der Waals surface area (Å²) in [4.78, 5) is 2.57. The van der Waals surface area contributed by atoms with Gasteiger partial charge in [-0.2, -0.15) is 0 Å². The van der Waals surface area contributed by atoms with Gasteiger partial charge in [-0.25, -0.2) is 0 Å². The van der Waals surface area contributed by atoms with Crippen LogP contribution in [0.25, 0.3) is 0 Å². The van der Waals surface area contributed by atoms with Gasteiger partial charge in [-0.1, -0.05) is 51.8 Å². The summed E-state index contributed by atoms with van der Waals surface area (Å²) in [6.45, 7) is 3.48. The van der Waals surface area contributed by atoms with Crippen LogP contribution < -0.4 is 0 Å². The normalized spacial score (nSPS) is 16.6. The van der Waals surface area contributed by atoms with Gasteiger partial charge in [0.1, 0.15) is 0 Å². The van der Waals surface area contributed by atoms with E-state index in [1.807, 2.05) is 12.1 Å². The minimum absolute atomic E-state index is 0.820. The van der Waals surface area contributed by atoms with Crippen molar-refractivity contribution in [2.24, 2.45) is 5.92 Å². The maximum Gasteiger partial charge on any atom is 0.0406 e. The summed E-state index contributed by atoms with van der Waals surface area (Å²) in [5.74, 6) is 0.875. The van der Waals surface area contributed by atoms with Gasteiger partial charge in [0, 0.05) is 16.0 Å². The average molecular weight is 393 g/mol. The standard InChI is InChI=1S/C20H23BrClN/c21-19-7-3-16(4-8-19)1-2-17-11-13-23(14-12-17)15-18-5-9-20(22)10-6-18/h3-10,17H,1-2,11-15H2. The molecule has 1 fully saturated rings. The van der Waals surface area contributed by atoms with Crippen molar-refractivity contribution < 1.29 is 0 Å². The molecule has 0 amide bonds. The first-order chi connectivity index (χ1) is 11.2. The number of aryl methyl sites for hydroxylation is 1. The molecule has 0 unspecified atom stereocenters. The third-order valence-electron chi connectivity index (χ3n) is 4.78. The molecule has 1 aliphatic heterocycles. The van der Waals surface area contributed by atoms with Gasteiger partial charge in [0.05, 0.1) is 0 Å². The van der Waals surface area contributed by atoms with Gasteiger partial charge in [-0.15, -0.1) is 0 Å². The van der Waals surface area contributed by atoms with Gasteiger partial charge in [0.2, 0.25) is 0 Å². The number of piperidine rings is 1. The first-order valence-electron chi connectivity index (χ1n) is 8.40. The Hall–Kier alpha value is -0.830. The predicted molar refractivity (Wildman–Crippen MR) is 102 cm³/mol. The van der Waals surface area contributed by atoms with E-state index in [0.29, 0.717) is 0 Å². The number of halogens is 2. The first-order valence-corrected chi connectivity index (χ1v) is 9.57. The van der Waals surface area contributed by atoms with Crippen molar-refractivity contribution in [2.75, 3.05) is 13.1 Å². The number of nitrogens with zero attached hydrogens (tertiary/aromatic N) is 1. The maximum absolute atomic E-state index is 5.95. The van der Waals surface area contributed by atoms with Crippen LogP contribution in [0.5, 0.6) is 0 Å². The summed E-state index contributed by atoms with van der Waals surface area (Å²) in [5, 5.41) is 0.820. The average Bonchev–Trinajstić information content (AvgIpc) is 2.58. The fraction of sp³-hybridized carbons (Fsp3) is 0.400. The van der Waals surface area contributed by atoms with Gasteiger partial charge in [-0.3, -0.25) is 4.90 Å². The van der Waals surface area contributed by atoms with Crippen molar-refractivity contribution in [3.63, 3.8) is 0 Å². The van der Waals surface area contributed by atoms with Gasteiger partial charge >= 0.3 is 0 Å². The number of benzene rings is 2. The van der Waals surface area contributed by atoms with Crippen LogP contribution in [-0.4, -0.2) is 18.0 Å². The fourth-order valence-corrected chi connectivity index (χ4v) is 3.69. The van der Waals surface area contributed by atoms with Gasteiger partial charge in [-0.05, 0) is 80.1 Å². The van der Waals surface area contributed by atoms with E-state index in [9.17, 15) is 0 Å². The molecule has 1 heterocycles. The van der Waals surface area contributed by atoms with Crippen LogP contribution in [0.15, 0.2) is 53.0 Å². The molecule has 0 spiro atoms. The number of hydrogen-bond donors (Lipinski definition) is 0. The Morgan fingerprint density at radius 2 is 1.52 bits per heavy atom. The van der Waals surface area contributed by atoms with Crippen molar-refractivity contribution in [1.82, 2.24) is 4.90 Å². The van der Waals surface area contributed by atoms with Gasteiger partial charge in [0.15, 0.2) is 0 Å². The monoisotopic (exact) mass is 391 g/mol. The van der Waals surface area contributed by atoms with E-state index in [-0.39, 0.29) is 0 Å².